The Morgan fingerprint density at radius 2 is 2.00 bits per heavy atom. The number of nitro benzene ring substituents is 1. The lowest BCUT2D eigenvalue weighted by molar-refractivity contribution is -0.384. The molecule has 0 unspecified atom stereocenters. The standard InChI is InChI=1S/C19H21N3O5/c1-13-4-3-5-15(18(13)26-2)19(23)20-14-6-7-16(17(12-14)22(24)25)21-8-10-27-11-9-21/h3-7,12H,8-11H2,1-2H3,(H,20,23). The molecular weight excluding hydrogens is 350 g/mol. The first-order valence-corrected chi connectivity index (χ1v) is 8.57. The minimum atomic E-state index is -0.437. The summed E-state index contributed by atoms with van der Waals surface area (Å²) in [6.07, 6.45) is 0. The first-order valence-electron chi connectivity index (χ1n) is 8.57. The number of nitrogens with one attached hydrogen (secondary N) is 1. The minimum absolute atomic E-state index is 0.0501. The molecular formula is C19H21N3O5. The van der Waals surface area contributed by atoms with Gasteiger partial charge < -0.3 is 19.7 Å². The molecule has 0 spiro atoms. The van der Waals surface area contributed by atoms with Crippen molar-refractivity contribution in [1.29, 1.82) is 0 Å². The third-order valence-electron chi connectivity index (χ3n) is 4.44. The van der Waals surface area contributed by atoms with E-state index in [1.165, 1.54) is 13.2 Å². The van der Waals surface area contributed by atoms with Crippen LogP contribution in [0.4, 0.5) is 17.1 Å². The summed E-state index contributed by atoms with van der Waals surface area (Å²) in [5, 5.41) is 14.3. The number of amides is 1. The molecule has 0 saturated carbocycles. The molecule has 1 amide bonds. The number of benzene rings is 2. The van der Waals surface area contributed by atoms with Gasteiger partial charge in [-0.05, 0) is 30.7 Å². The SMILES string of the molecule is COc1c(C)cccc1C(=O)Nc1ccc(N2CCOCC2)c([N+](=O)[O-])c1. The van der Waals surface area contributed by atoms with Crippen molar-refractivity contribution in [1.82, 2.24) is 0 Å². The Morgan fingerprint density at radius 1 is 1.26 bits per heavy atom. The van der Waals surface area contributed by atoms with Gasteiger partial charge >= 0.3 is 0 Å². The van der Waals surface area contributed by atoms with Gasteiger partial charge in [0.1, 0.15) is 11.4 Å². The van der Waals surface area contributed by atoms with Crippen LogP contribution in [0, 0.1) is 17.0 Å². The van der Waals surface area contributed by atoms with Crippen molar-refractivity contribution < 1.29 is 19.2 Å². The largest absolute Gasteiger partial charge is 0.496 e. The molecule has 142 valence electrons. The van der Waals surface area contributed by atoms with Crippen LogP contribution < -0.4 is 15.0 Å². The monoisotopic (exact) mass is 371 g/mol. The molecule has 0 radical (unpaired) electrons. The van der Waals surface area contributed by atoms with Crippen molar-refractivity contribution >= 4 is 23.0 Å². The maximum atomic E-state index is 12.6. The number of nitro groups is 1. The van der Waals surface area contributed by atoms with Crippen LogP contribution in [0.5, 0.6) is 5.75 Å². The van der Waals surface area contributed by atoms with Crippen LogP contribution in [0.2, 0.25) is 0 Å². The van der Waals surface area contributed by atoms with Crippen LogP contribution >= 0.6 is 0 Å². The number of rotatable bonds is 5. The lowest BCUT2D eigenvalue weighted by Crippen LogP contribution is -2.36. The number of nitrogens with zero attached hydrogens (tertiary/aromatic N) is 2. The van der Waals surface area contributed by atoms with Gasteiger partial charge in [0, 0.05) is 24.8 Å². The van der Waals surface area contributed by atoms with Crippen LogP contribution in [0.25, 0.3) is 0 Å². The summed E-state index contributed by atoms with van der Waals surface area (Å²) in [4.78, 5) is 25.6. The summed E-state index contributed by atoms with van der Waals surface area (Å²) in [5.41, 5.74) is 2.03. The van der Waals surface area contributed by atoms with E-state index in [1.54, 1.807) is 24.3 Å². The minimum Gasteiger partial charge on any atom is -0.496 e. The lowest BCUT2D eigenvalue weighted by Gasteiger charge is -2.28. The maximum absolute atomic E-state index is 12.6. The van der Waals surface area contributed by atoms with E-state index in [0.29, 0.717) is 49.0 Å². The van der Waals surface area contributed by atoms with Gasteiger partial charge in [-0.3, -0.25) is 14.9 Å². The zero-order valence-electron chi connectivity index (χ0n) is 15.2. The van der Waals surface area contributed by atoms with E-state index in [-0.39, 0.29) is 11.6 Å². The second kappa shape index (κ2) is 8.05. The molecule has 27 heavy (non-hydrogen) atoms. The topological polar surface area (TPSA) is 93.9 Å². The van der Waals surface area contributed by atoms with Gasteiger partial charge in [-0.1, -0.05) is 12.1 Å². The van der Waals surface area contributed by atoms with Gasteiger partial charge in [-0.2, -0.15) is 0 Å². The Hall–Kier alpha value is -3.13. The number of para-hydroxylation sites is 1. The van der Waals surface area contributed by atoms with Crippen molar-refractivity contribution in [2.45, 2.75) is 6.92 Å². The summed E-state index contributed by atoms with van der Waals surface area (Å²) in [5.74, 6) is 0.0957. The van der Waals surface area contributed by atoms with E-state index in [9.17, 15) is 14.9 Å². The highest BCUT2D eigenvalue weighted by molar-refractivity contribution is 6.06. The number of hydrogen-bond acceptors (Lipinski definition) is 6. The van der Waals surface area contributed by atoms with E-state index in [0.717, 1.165) is 5.56 Å². The molecule has 3 rings (SSSR count). The zero-order chi connectivity index (χ0) is 19.4. The number of morpholine rings is 1. The molecule has 0 bridgehead atoms. The molecule has 8 heteroatoms. The molecule has 2 aromatic rings. The second-order valence-corrected chi connectivity index (χ2v) is 6.17. The third kappa shape index (κ3) is 4.01. The van der Waals surface area contributed by atoms with E-state index in [2.05, 4.69) is 5.32 Å². The molecule has 0 aromatic heterocycles. The summed E-state index contributed by atoms with van der Waals surface area (Å²) in [6.45, 7) is 4.09. The smallest absolute Gasteiger partial charge is 0.294 e. The van der Waals surface area contributed by atoms with E-state index < -0.39 is 4.92 Å². The number of anilines is 2. The number of ether oxygens (including phenoxy) is 2. The van der Waals surface area contributed by atoms with Crippen LogP contribution in [0.15, 0.2) is 36.4 Å². The van der Waals surface area contributed by atoms with Crippen molar-refractivity contribution in [3.05, 3.63) is 57.6 Å². The highest BCUT2D eigenvalue weighted by Gasteiger charge is 2.23. The maximum Gasteiger partial charge on any atom is 0.294 e. The number of carbonyl (C=O) groups excluding carboxylic acids is 1. The molecule has 1 heterocycles. The first-order chi connectivity index (χ1) is 13.0. The lowest BCUT2D eigenvalue weighted by atomic mass is 10.1. The number of methoxy groups -OCH3 is 1. The van der Waals surface area contributed by atoms with Crippen LogP contribution in [-0.4, -0.2) is 44.2 Å². The Kier molecular flexibility index (Phi) is 5.56. The van der Waals surface area contributed by atoms with Gasteiger partial charge in [0.25, 0.3) is 11.6 Å². The van der Waals surface area contributed by atoms with Crippen molar-refractivity contribution in [3.8, 4) is 5.75 Å². The average Bonchev–Trinajstić information content (AvgIpc) is 2.68. The molecule has 1 aliphatic heterocycles. The van der Waals surface area contributed by atoms with Crippen LogP contribution in [0.1, 0.15) is 15.9 Å². The first kappa shape index (κ1) is 18.7. The normalized spacial score (nSPS) is 13.9. The predicted octanol–water partition coefficient (Wildman–Crippen LogP) is 3.00. The van der Waals surface area contributed by atoms with Gasteiger partial charge in [0.2, 0.25) is 0 Å². The fourth-order valence-corrected chi connectivity index (χ4v) is 3.12. The summed E-state index contributed by atoms with van der Waals surface area (Å²) in [7, 11) is 1.50. The molecule has 2 aromatic carbocycles. The molecule has 8 nitrogen and oxygen atoms in total. The molecule has 1 saturated heterocycles. The molecule has 0 atom stereocenters. The van der Waals surface area contributed by atoms with Gasteiger partial charge in [-0.15, -0.1) is 0 Å². The molecule has 0 aliphatic carbocycles. The zero-order valence-corrected chi connectivity index (χ0v) is 15.2. The van der Waals surface area contributed by atoms with Crippen molar-refractivity contribution in [2.75, 3.05) is 43.6 Å². The molecule has 1 aliphatic rings. The Labute approximate surface area is 156 Å². The van der Waals surface area contributed by atoms with Crippen LogP contribution in [0.3, 0.4) is 0 Å². The highest BCUT2D eigenvalue weighted by atomic mass is 16.6. The summed E-state index contributed by atoms with van der Waals surface area (Å²) < 4.78 is 10.6. The van der Waals surface area contributed by atoms with Gasteiger partial charge in [-0.25, -0.2) is 0 Å². The molecule has 1 N–H and O–H groups in total. The average molecular weight is 371 g/mol. The summed E-state index contributed by atoms with van der Waals surface area (Å²) in [6, 6.07) is 9.96. The van der Waals surface area contributed by atoms with Crippen LogP contribution in [-0.2, 0) is 4.74 Å². The third-order valence-corrected chi connectivity index (χ3v) is 4.44. The fraction of sp³-hybridized carbons (Fsp3) is 0.316. The van der Waals surface area contributed by atoms with E-state index >= 15 is 0 Å². The predicted molar refractivity (Wildman–Crippen MR) is 102 cm³/mol. The quantitative estimate of drug-likeness (QED) is 0.641. The number of carbonyl (C=O) groups is 1. The molecule has 1 fully saturated rings. The van der Waals surface area contributed by atoms with Crippen molar-refractivity contribution in [3.63, 3.8) is 0 Å². The fourth-order valence-electron chi connectivity index (χ4n) is 3.12. The highest BCUT2D eigenvalue weighted by Crippen LogP contribution is 2.32. The van der Waals surface area contributed by atoms with E-state index in [1.807, 2.05) is 17.9 Å². The van der Waals surface area contributed by atoms with Gasteiger partial charge in [0.15, 0.2) is 0 Å². The van der Waals surface area contributed by atoms with Gasteiger partial charge in [0.05, 0.1) is 30.8 Å². The number of aryl methyl sites for hydroxylation is 1. The van der Waals surface area contributed by atoms with Crippen molar-refractivity contribution in [2.24, 2.45) is 0 Å². The Morgan fingerprint density at radius 3 is 2.67 bits per heavy atom. The summed E-state index contributed by atoms with van der Waals surface area (Å²) >= 11 is 0. The Balaban J connectivity index is 1.87. The van der Waals surface area contributed by atoms with E-state index in [4.69, 9.17) is 9.47 Å². The Bertz CT molecular complexity index is 862. The second-order valence-electron chi connectivity index (χ2n) is 6.17. The number of hydrogen-bond donors (Lipinski definition) is 1.